The van der Waals surface area contributed by atoms with E-state index >= 15 is 0 Å². The number of hydrogen-bond donors (Lipinski definition) is 1. The molecule has 0 radical (unpaired) electrons. The van der Waals surface area contributed by atoms with Gasteiger partial charge in [0.1, 0.15) is 5.01 Å². The highest BCUT2D eigenvalue weighted by Crippen LogP contribution is 2.30. The summed E-state index contributed by atoms with van der Waals surface area (Å²) in [4.78, 5) is 11.1. The van der Waals surface area contributed by atoms with Crippen molar-refractivity contribution >= 4 is 22.7 Å². The van der Waals surface area contributed by atoms with Crippen molar-refractivity contribution in [3.05, 3.63) is 22.3 Å². The lowest BCUT2D eigenvalue weighted by Gasteiger charge is -2.02. The number of rotatable bonds is 7. The summed E-state index contributed by atoms with van der Waals surface area (Å²) in [6.45, 7) is 4.63. The molecule has 0 aliphatic rings. The average molecular weight is 283 g/mol. The predicted molar refractivity (Wildman–Crippen MR) is 75.9 cm³/mol. The van der Waals surface area contributed by atoms with E-state index in [-0.39, 0.29) is 0 Å². The van der Waals surface area contributed by atoms with Gasteiger partial charge in [-0.15, -0.1) is 22.7 Å². The van der Waals surface area contributed by atoms with Gasteiger partial charge in [-0.1, -0.05) is 6.92 Å². The van der Waals surface area contributed by atoms with Crippen LogP contribution in [0.3, 0.4) is 0 Å². The first kappa shape index (κ1) is 13.6. The second-order valence-corrected chi connectivity index (χ2v) is 5.83. The van der Waals surface area contributed by atoms with Crippen molar-refractivity contribution in [2.24, 2.45) is 0 Å². The normalized spacial score (nSPS) is 11.0. The lowest BCUT2D eigenvalue weighted by atomic mass is 10.3. The molecule has 1 N–H and O–H groups in total. The first-order chi connectivity index (χ1) is 8.85. The number of aromatic nitrogens is 2. The van der Waals surface area contributed by atoms with Gasteiger partial charge in [0.15, 0.2) is 0 Å². The lowest BCUT2D eigenvalue weighted by molar-refractivity contribution is 0.181. The summed E-state index contributed by atoms with van der Waals surface area (Å²) in [6, 6.07) is 0. The third-order valence-electron chi connectivity index (χ3n) is 2.41. The van der Waals surface area contributed by atoms with Crippen molar-refractivity contribution in [1.82, 2.24) is 15.3 Å². The number of nitrogens with one attached hydrogen (secondary N) is 1. The Balaban J connectivity index is 2.15. The molecule has 0 bridgehead atoms. The van der Waals surface area contributed by atoms with E-state index in [0.717, 1.165) is 35.1 Å². The summed E-state index contributed by atoms with van der Waals surface area (Å²) in [7, 11) is 1.70. The maximum Gasteiger partial charge on any atom is 0.135 e. The smallest absolute Gasteiger partial charge is 0.135 e. The van der Waals surface area contributed by atoms with E-state index in [1.807, 2.05) is 11.7 Å². The minimum atomic E-state index is 0.568. The molecule has 0 saturated carbocycles. The zero-order valence-corrected chi connectivity index (χ0v) is 12.2. The number of hydrogen-bond acceptors (Lipinski definition) is 6. The van der Waals surface area contributed by atoms with Gasteiger partial charge in [0.2, 0.25) is 0 Å². The summed E-state index contributed by atoms with van der Waals surface area (Å²) in [5.41, 5.74) is 2.87. The number of nitrogens with zero attached hydrogens (tertiary/aromatic N) is 2. The molecular formula is C12H17N3OS2. The fourth-order valence-electron chi connectivity index (χ4n) is 1.58. The fourth-order valence-corrected chi connectivity index (χ4v) is 3.29. The number of thiazole rings is 2. The van der Waals surface area contributed by atoms with E-state index in [4.69, 9.17) is 4.74 Å². The van der Waals surface area contributed by atoms with Crippen LogP contribution in [0.1, 0.15) is 23.9 Å². The highest BCUT2D eigenvalue weighted by molar-refractivity contribution is 7.20. The first-order valence-corrected chi connectivity index (χ1v) is 7.61. The van der Waals surface area contributed by atoms with E-state index in [1.165, 1.54) is 4.88 Å². The number of methoxy groups -OCH3 is 1. The van der Waals surface area contributed by atoms with Gasteiger partial charge < -0.3 is 10.1 Å². The quantitative estimate of drug-likeness (QED) is 0.794. The van der Waals surface area contributed by atoms with Gasteiger partial charge in [-0.25, -0.2) is 4.98 Å². The Morgan fingerprint density at radius 3 is 3.00 bits per heavy atom. The predicted octanol–water partition coefficient (Wildman–Crippen LogP) is 2.91. The zero-order valence-electron chi connectivity index (χ0n) is 10.6. The van der Waals surface area contributed by atoms with Crippen LogP contribution < -0.4 is 5.32 Å². The SMILES string of the molecule is CCCNCc1sc(-c2cncs2)nc1COC. The molecular weight excluding hydrogens is 266 g/mol. The van der Waals surface area contributed by atoms with Crippen molar-refractivity contribution in [1.29, 1.82) is 0 Å². The largest absolute Gasteiger partial charge is 0.378 e. The van der Waals surface area contributed by atoms with Crippen molar-refractivity contribution in [3.8, 4) is 9.88 Å². The van der Waals surface area contributed by atoms with E-state index in [1.54, 1.807) is 29.8 Å². The van der Waals surface area contributed by atoms with Crippen LogP contribution in [0, 0.1) is 0 Å². The zero-order chi connectivity index (χ0) is 12.8. The Morgan fingerprint density at radius 2 is 2.33 bits per heavy atom. The molecule has 0 fully saturated rings. The molecule has 2 heterocycles. The van der Waals surface area contributed by atoms with Crippen LogP contribution in [-0.2, 0) is 17.9 Å². The molecule has 0 unspecified atom stereocenters. The van der Waals surface area contributed by atoms with Gasteiger partial charge in [-0.2, -0.15) is 0 Å². The van der Waals surface area contributed by atoms with Crippen LogP contribution in [0.4, 0.5) is 0 Å². The van der Waals surface area contributed by atoms with Crippen LogP contribution in [0.5, 0.6) is 0 Å². The third kappa shape index (κ3) is 3.35. The van der Waals surface area contributed by atoms with Crippen molar-refractivity contribution in [2.75, 3.05) is 13.7 Å². The van der Waals surface area contributed by atoms with E-state index < -0.39 is 0 Å². The molecule has 4 nitrogen and oxygen atoms in total. The van der Waals surface area contributed by atoms with Crippen molar-refractivity contribution in [2.45, 2.75) is 26.5 Å². The molecule has 0 aromatic carbocycles. The van der Waals surface area contributed by atoms with Crippen LogP contribution in [-0.4, -0.2) is 23.6 Å². The molecule has 0 aliphatic carbocycles. The van der Waals surface area contributed by atoms with Gasteiger partial charge in [0, 0.05) is 24.7 Å². The van der Waals surface area contributed by atoms with Crippen LogP contribution in [0.25, 0.3) is 9.88 Å². The Morgan fingerprint density at radius 1 is 1.44 bits per heavy atom. The Kier molecular flexibility index (Phi) is 5.25. The fraction of sp³-hybridized carbons (Fsp3) is 0.500. The minimum Gasteiger partial charge on any atom is -0.378 e. The summed E-state index contributed by atoms with van der Waals surface area (Å²) >= 11 is 3.34. The van der Waals surface area contributed by atoms with E-state index in [9.17, 15) is 0 Å². The Bertz CT molecular complexity index is 468. The topological polar surface area (TPSA) is 47.0 Å². The third-order valence-corrected chi connectivity index (χ3v) is 4.45. The molecule has 0 aliphatic heterocycles. The lowest BCUT2D eigenvalue weighted by Crippen LogP contribution is -2.14. The number of ether oxygens (including phenoxy) is 1. The van der Waals surface area contributed by atoms with Gasteiger partial charge in [0.05, 0.1) is 22.7 Å². The standard InChI is InChI=1S/C12H17N3OS2/c1-3-4-13-5-10-9(7-16-2)15-12(18-10)11-6-14-8-17-11/h6,8,13H,3-5,7H2,1-2H3. The maximum absolute atomic E-state index is 5.21. The molecule has 6 heteroatoms. The summed E-state index contributed by atoms with van der Waals surface area (Å²) < 4.78 is 5.21. The maximum atomic E-state index is 5.21. The summed E-state index contributed by atoms with van der Waals surface area (Å²) in [5, 5.41) is 4.45. The summed E-state index contributed by atoms with van der Waals surface area (Å²) in [5.74, 6) is 0. The summed E-state index contributed by atoms with van der Waals surface area (Å²) in [6.07, 6.45) is 3.00. The van der Waals surface area contributed by atoms with Crippen LogP contribution >= 0.6 is 22.7 Å². The van der Waals surface area contributed by atoms with Gasteiger partial charge in [-0.05, 0) is 13.0 Å². The molecule has 0 spiro atoms. The molecule has 2 rings (SSSR count). The molecule has 18 heavy (non-hydrogen) atoms. The van der Waals surface area contributed by atoms with E-state index in [2.05, 4.69) is 22.2 Å². The second-order valence-electron chi connectivity index (χ2n) is 3.86. The van der Waals surface area contributed by atoms with Crippen LogP contribution in [0.15, 0.2) is 11.7 Å². The highest BCUT2D eigenvalue weighted by atomic mass is 32.1. The van der Waals surface area contributed by atoms with Gasteiger partial charge >= 0.3 is 0 Å². The van der Waals surface area contributed by atoms with Crippen molar-refractivity contribution in [3.63, 3.8) is 0 Å². The van der Waals surface area contributed by atoms with Crippen LogP contribution in [0.2, 0.25) is 0 Å². The molecule has 98 valence electrons. The monoisotopic (exact) mass is 283 g/mol. The molecule has 0 amide bonds. The molecule has 0 saturated heterocycles. The van der Waals surface area contributed by atoms with Crippen molar-refractivity contribution < 1.29 is 4.74 Å². The average Bonchev–Trinajstić information content (AvgIpc) is 2.99. The highest BCUT2D eigenvalue weighted by Gasteiger charge is 2.13. The van der Waals surface area contributed by atoms with Gasteiger partial charge in [-0.3, -0.25) is 4.98 Å². The molecule has 0 atom stereocenters. The Hall–Kier alpha value is -0.820. The van der Waals surface area contributed by atoms with E-state index in [0.29, 0.717) is 6.61 Å². The first-order valence-electron chi connectivity index (χ1n) is 5.92. The van der Waals surface area contributed by atoms with Gasteiger partial charge in [0.25, 0.3) is 0 Å². The Labute approximate surface area is 115 Å². The molecule has 2 aromatic heterocycles. The minimum absolute atomic E-state index is 0.568. The molecule has 2 aromatic rings. The second kappa shape index (κ2) is 6.94.